The molecule has 118 valence electrons. The standard InChI is InChI=1S/C18H27BrFN/c1-12(2)13-4-6-14(7-5-13)18(21-3)11-15-10-16(19)8-9-17(15)20/h8-10,12-14,18,21H,4-7,11H2,1-3H3. The van der Waals surface area contributed by atoms with Crippen LogP contribution in [0.15, 0.2) is 22.7 Å². The van der Waals surface area contributed by atoms with Crippen molar-refractivity contribution in [2.75, 3.05) is 7.05 Å². The Balaban J connectivity index is 1.99. The van der Waals surface area contributed by atoms with E-state index >= 15 is 0 Å². The van der Waals surface area contributed by atoms with Crippen LogP contribution in [-0.2, 0) is 6.42 Å². The van der Waals surface area contributed by atoms with E-state index in [-0.39, 0.29) is 5.82 Å². The predicted octanol–water partition coefficient (Wildman–Crippen LogP) is 5.18. The molecule has 1 atom stereocenters. The molecule has 0 saturated heterocycles. The second-order valence-corrected chi connectivity index (χ2v) is 7.67. The highest BCUT2D eigenvalue weighted by molar-refractivity contribution is 9.10. The van der Waals surface area contributed by atoms with Gasteiger partial charge in [0.1, 0.15) is 5.82 Å². The molecular formula is C18H27BrFN. The lowest BCUT2D eigenvalue weighted by atomic mass is 9.73. The molecule has 1 N–H and O–H groups in total. The van der Waals surface area contributed by atoms with Gasteiger partial charge in [-0.3, -0.25) is 0 Å². The van der Waals surface area contributed by atoms with Crippen LogP contribution in [0.5, 0.6) is 0 Å². The highest BCUT2D eigenvalue weighted by Gasteiger charge is 2.28. The second kappa shape index (κ2) is 7.73. The van der Waals surface area contributed by atoms with Crippen LogP contribution in [0.4, 0.5) is 4.39 Å². The lowest BCUT2D eigenvalue weighted by Gasteiger charge is -2.35. The summed E-state index contributed by atoms with van der Waals surface area (Å²) in [5.41, 5.74) is 0.815. The highest BCUT2D eigenvalue weighted by Crippen LogP contribution is 2.35. The van der Waals surface area contributed by atoms with E-state index in [0.29, 0.717) is 12.0 Å². The maximum absolute atomic E-state index is 14.0. The van der Waals surface area contributed by atoms with Crippen LogP contribution >= 0.6 is 15.9 Å². The van der Waals surface area contributed by atoms with Crippen molar-refractivity contribution in [3.05, 3.63) is 34.1 Å². The number of benzene rings is 1. The van der Waals surface area contributed by atoms with Crippen LogP contribution in [0.3, 0.4) is 0 Å². The zero-order chi connectivity index (χ0) is 15.4. The predicted molar refractivity (Wildman–Crippen MR) is 90.9 cm³/mol. The first-order chi connectivity index (χ1) is 10.0. The van der Waals surface area contributed by atoms with Crippen molar-refractivity contribution in [1.82, 2.24) is 5.32 Å². The summed E-state index contributed by atoms with van der Waals surface area (Å²) < 4.78 is 14.9. The van der Waals surface area contributed by atoms with E-state index in [1.165, 1.54) is 25.7 Å². The minimum atomic E-state index is -0.0886. The summed E-state index contributed by atoms with van der Waals surface area (Å²) in [5.74, 6) is 2.25. The summed E-state index contributed by atoms with van der Waals surface area (Å²) >= 11 is 3.44. The molecule has 0 spiro atoms. The number of hydrogen-bond acceptors (Lipinski definition) is 1. The average molecular weight is 356 g/mol. The van der Waals surface area contributed by atoms with Crippen molar-refractivity contribution in [3.63, 3.8) is 0 Å². The number of halogens is 2. The molecule has 1 aromatic carbocycles. The Morgan fingerprint density at radius 1 is 1.19 bits per heavy atom. The Hall–Kier alpha value is -0.410. The fourth-order valence-electron chi connectivity index (χ4n) is 3.66. The van der Waals surface area contributed by atoms with Gasteiger partial charge in [-0.2, -0.15) is 0 Å². The Labute approximate surface area is 136 Å². The molecule has 1 aliphatic rings. The van der Waals surface area contributed by atoms with E-state index in [1.54, 1.807) is 12.1 Å². The Kier molecular flexibility index (Phi) is 6.24. The summed E-state index contributed by atoms with van der Waals surface area (Å²) in [5, 5.41) is 3.43. The third-order valence-electron chi connectivity index (χ3n) is 5.15. The van der Waals surface area contributed by atoms with Crippen LogP contribution < -0.4 is 5.32 Å². The van der Waals surface area contributed by atoms with Gasteiger partial charge in [-0.05, 0) is 80.7 Å². The third-order valence-corrected chi connectivity index (χ3v) is 5.64. The largest absolute Gasteiger partial charge is 0.316 e. The van der Waals surface area contributed by atoms with Gasteiger partial charge < -0.3 is 5.32 Å². The molecule has 1 aromatic rings. The topological polar surface area (TPSA) is 12.0 Å². The maximum atomic E-state index is 14.0. The van der Waals surface area contributed by atoms with E-state index in [4.69, 9.17) is 0 Å². The molecule has 0 amide bonds. The fourth-order valence-corrected chi connectivity index (χ4v) is 4.06. The number of hydrogen-bond donors (Lipinski definition) is 1. The number of rotatable bonds is 5. The third kappa shape index (κ3) is 4.53. The minimum absolute atomic E-state index is 0.0886. The van der Waals surface area contributed by atoms with Crippen LogP contribution in [-0.4, -0.2) is 13.1 Å². The molecule has 21 heavy (non-hydrogen) atoms. The van der Waals surface area contributed by atoms with E-state index in [1.807, 2.05) is 13.1 Å². The van der Waals surface area contributed by atoms with Crippen LogP contribution in [0.2, 0.25) is 0 Å². The van der Waals surface area contributed by atoms with Gasteiger partial charge in [0.05, 0.1) is 0 Å². The summed E-state index contributed by atoms with van der Waals surface area (Å²) in [6.07, 6.45) is 5.95. The first-order valence-electron chi connectivity index (χ1n) is 8.12. The average Bonchev–Trinajstić information content (AvgIpc) is 2.48. The van der Waals surface area contributed by atoms with Crippen molar-refractivity contribution in [1.29, 1.82) is 0 Å². The quantitative estimate of drug-likeness (QED) is 0.766. The molecule has 0 radical (unpaired) electrons. The van der Waals surface area contributed by atoms with Gasteiger partial charge in [0.25, 0.3) is 0 Å². The monoisotopic (exact) mass is 355 g/mol. The molecular weight excluding hydrogens is 329 g/mol. The zero-order valence-electron chi connectivity index (χ0n) is 13.3. The van der Waals surface area contributed by atoms with Crippen molar-refractivity contribution < 1.29 is 4.39 Å². The number of likely N-dealkylation sites (N-methyl/N-ethyl adjacent to an activating group) is 1. The molecule has 1 fully saturated rings. The van der Waals surface area contributed by atoms with Crippen molar-refractivity contribution in [2.45, 2.75) is 52.0 Å². The zero-order valence-corrected chi connectivity index (χ0v) is 14.9. The molecule has 0 bridgehead atoms. The molecule has 1 aliphatic carbocycles. The second-order valence-electron chi connectivity index (χ2n) is 6.75. The molecule has 0 aliphatic heterocycles. The van der Waals surface area contributed by atoms with Crippen LogP contribution in [0.25, 0.3) is 0 Å². The Morgan fingerprint density at radius 3 is 2.38 bits per heavy atom. The molecule has 0 aromatic heterocycles. The number of nitrogens with one attached hydrogen (secondary N) is 1. The van der Waals surface area contributed by atoms with Gasteiger partial charge in [0, 0.05) is 10.5 Å². The summed E-state index contributed by atoms with van der Waals surface area (Å²) in [6.45, 7) is 4.66. The van der Waals surface area contributed by atoms with Gasteiger partial charge in [0.2, 0.25) is 0 Å². The molecule has 1 saturated carbocycles. The van der Waals surface area contributed by atoms with Gasteiger partial charge in [-0.1, -0.05) is 29.8 Å². The van der Waals surface area contributed by atoms with Crippen LogP contribution in [0, 0.1) is 23.6 Å². The van der Waals surface area contributed by atoms with Gasteiger partial charge in [-0.15, -0.1) is 0 Å². The first kappa shape index (κ1) is 17.0. The van der Waals surface area contributed by atoms with E-state index in [0.717, 1.165) is 28.3 Å². The van der Waals surface area contributed by atoms with Crippen LogP contribution in [0.1, 0.15) is 45.1 Å². The Bertz CT molecular complexity index is 453. The summed E-state index contributed by atoms with van der Waals surface area (Å²) in [6, 6.07) is 5.62. The normalized spacial score (nSPS) is 24.3. The van der Waals surface area contributed by atoms with Gasteiger partial charge >= 0.3 is 0 Å². The smallest absolute Gasteiger partial charge is 0.126 e. The van der Waals surface area contributed by atoms with E-state index in [9.17, 15) is 4.39 Å². The molecule has 3 heteroatoms. The Morgan fingerprint density at radius 2 is 1.81 bits per heavy atom. The van der Waals surface area contributed by atoms with Crippen molar-refractivity contribution in [3.8, 4) is 0 Å². The van der Waals surface area contributed by atoms with E-state index < -0.39 is 0 Å². The van der Waals surface area contributed by atoms with Crippen molar-refractivity contribution >= 4 is 15.9 Å². The molecule has 0 heterocycles. The maximum Gasteiger partial charge on any atom is 0.126 e. The first-order valence-corrected chi connectivity index (χ1v) is 8.91. The fraction of sp³-hybridized carbons (Fsp3) is 0.667. The molecule has 1 nitrogen and oxygen atoms in total. The minimum Gasteiger partial charge on any atom is -0.316 e. The summed E-state index contributed by atoms with van der Waals surface area (Å²) in [7, 11) is 2.01. The molecule has 1 unspecified atom stereocenters. The SMILES string of the molecule is CNC(Cc1cc(Br)ccc1F)C1CCC(C(C)C)CC1. The highest BCUT2D eigenvalue weighted by atomic mass is 79.9. The van der Waals surface area contributed by atoms with Gasteiger partial charge in [-0.25, -0.2) is 4.39 Å². The van der Waals surface area contributed by atoms with Gasteiger partial charge in [0.15, 0.2) is 0 Å². The lowest BCUT2D eigenvalue weighted by Crippen LogP contribution is -2.38. The molecule has 2 rings (SSSR count). The van der Waals surface area contributed by atoms with Crippen molar-refractivity contribution in [2.24, 2.45) is 17.8 Å². The lowest BCUT2D eigenvalue weighted by molar-refractivity contribution is 0.191. The van der Waals surface area contributed by atoms with E-state index in [2.05, 4.69) is 35.1 Å². The summed E-state index contributed by atoms with van der Waals surface area (Å²) in [4.78, 5) is 0.